The van der Waals surface area contributed by atoms with Crippen LogP contribution in [0, 0.1) is 0 Å². The molecule has 0 saturated heterocycles. The first-order valence-electron chi connectivity index (χ1n) is 22.3. The molecule has 0 radical (unpaired) electrons. The van der Waals surface area contributed by atoms with Gasteiger partial charge in [0.2, 0.25) is 0 Å². The van der Waals surface area contributed by atoms with E-state index >= 15 is 0 Å². The van der Waals surface area contributed by atoms with Gasteiger partial charge in [0, 0.05) is 10.8 Å². The zero-order valence-corrected chi connectivity index (χ0v) is 25.7. The average Bonchev–Trinajstić information content (AvgIpc) is 3.67. The lowest BCUT2D eigenvalue weighted by Gasteiger charge is -2.18. The van der Waals surface area contributed by atoms with Crippen LogP contribution in [-0.2, 0) is 0 Å². The van der Waals surface area contributed by atoms with Crippen LogP contribution >= 0.6 is 0 Å². The van der Waals surface area contributed by atoms with Crippen molar-refractivity contribution < 1.29 is 22.2 Å². The molecule has 10 rings (SSSR count). The fraction of sp³-hybridized carbons (Fsp3) is 0. The van der Waals surface area contributed by atoms with Crippen molar-refractivity contribution >= 4 is 54.3 Å². The van der Waals surface area contributed by atoms with Crippen molar-refractivity contribution in [3.05, 3.63) is 182 Å². The Kier molecular flexibility index (Phi) is 3.99. The monoisotopic (exact) mass is 635 g/mol. The van der Waals surface area contributed by atoms with E-state index < -0.39 is 84.1 Å². The second-order valence-electron chi connectivity index (χ2n) is 11.9. The number of rotatable bonds is 4. The summed E-state index contributed by atoms with van der Waals surface area (Å²) in [6.45, 7) is 0. The summed E-state index contributed by atoms with van der Waals surface area (Å²) in [6.07, 6.45) is 0. The molecule has 0 aliphatic carbocycles. The first-order valence-corrected chi connectivity index (χ1v) is 15.8. The van der Waals surface area contributed by atoms with Gasteiger partial charge in [-0.3, -0.25) is 0 Å². The largest absolute Gasteiger partial charge is 0.456 e. The van der Waals surface area contributed by atoms with Crippen molar-refractivity contribution in [3.8, 4) is 44.5 Å². The van der Waals surface area contributed by atoms with Gasteiger partial charge in [0.1, 0.15) is 11.2 Å². The Bertz CT molecular complexity index is 3520. The summed E-state index contributed by atoms with van der Waals surface area (Å²) in [4.78, 5) is 0. The first kappa shape index (κ1) is 17.6. The zero-order chi connectivity index (χ0) is 43.6. The maximum atomic E-state index is 9.33. The van der Waals surface area contributed by atoms with Gasteiger partial charge in [-0.15, -0.1) is 0 Å². The third-order valence-corrected chi connectivity index (χ3v) is 9.17. The molecule has 1 heteroatoms. The van der Waals surface area contributed by atoms with E-state index in [0.29, 0.717) is 22.3 Å². The SMILES string of the molecule is [2H]c1c([2H])c([2H])c(-c2c3c([2H])c([2H])c([2H])c([2H])c3c(-c3cccc(-c4cccc5oc6ccc(-c7ccc8ccccc8c7)cc6c45)c3)c3c([2H])c([2H])c([2H])c([2H])c23)c([2H])c1[2H]. The molecule has 0 saturated carbocycles. The van der Waals surface area contributed by atoms with Crippen molar-refractivity contribution in [1.82, 2.24) is 0 Å². The van der Waals surface area contributed by atoms with Gasteiger partial charge in [-0.1, -0.05) is 151 Å². The van der Waals surface area contributed by atoms with Gasteiger partial charge in [-0.25, -0.2) is 0 Å². The highest BCUT2D eigenvalue weighted by Gasteiger charge is 2.18. The van der Waals surface area contributed by atoms with Gasteiger partial charge < -0.3 is 4.42 Å². The highest BCUT2D eigenvalue weighted by molar-refractivity contribution is 6.22. The van der Waals surface area contributed by atoms with Crippen LogP contribution in [-0.4, -0.2) is 0 Å². The molecule has 0 N–H and O–H groups in total. The predicted octanol–water partition coefficient (Wildman–Crippen LogP) is 13.7. The van der Waals surface area contributed by atoms with Crippen LogP contribution in [0.4, 0.5) is 0 Å². The van der Waals surface area contributed by atoms with E-state index in [0.717, 1.165) is 38.2 Å². The summed E-state index contributed by atoms with van der Waals surface area (Å²) in [5.74, 6) is 0. The topological polar surface area (TPSA) is 13.1 Å². The minimum Gasteiger partial charge on any atom is -0.456 e. The fourth-order valence-electron chi connectivity index (χ4n) is 7.00. The molecular formula is C48H30O. The second kappa shape index (κ2) is 11.1. The molecule has 0 amide bonds. The van der Waals surface area contributed by atoms with E-state index in [2.05, 4.69) is 36.4 Å². The van der Waals surface area contributed by atoms with Crippen LogP contribution in [0.3, 0.4) is 0 Å². The lowest BCUT2D eigenvalue weighted by molar-refractivity contribution is 0.669. The maximum Gasteiger partial charge on any atom is 0.136 e. The van der Waals surface area contributed by atoms with Crippen molar-refractivity contribution in [2.75, 3.05) is 0 Å². The Labute approximate surface area is 302 Å². The van der Waals surface area contributed by atoms with Gasteiger partial charge in [0.05, 0.1) is 17.8 Å². The number of hydrogen-bond donors (Lipinski definition) is 0. The van der Waals surface area contributed by atoms with Gasteiger partial charge in [0.25, 0.3) is 0 Å². The summed E-state index contributed by atoms with van der Waals surface area (Å²) < 4.78 is 122. The highest BCUT2D eigenvalue weighted by atomic mass is 16.3. The first-order chi connectivity index (χ1) is 29.7. The molecule has 1 aromatic heterocycles. The molecule has 0 aliphatic rings. The molecule has 0 atom stereocenters. The van der Waals surface area contributed by atoms with E-state index in [1.807, 2.05) is 48.5 Å². The Morgan fingerprint density at radius 1 is 0.367 bits per heavy atom. The maximum absolute atomic E-state index is 9.33. The number of furan rings is 1. The van der Waals surface area contributed by atoms with Crippen LogP contribution in [0.5, 0.6) is 0 Å². The molecule has 0 unspecified atom stereocenters. The van der Waals surface area contributed by atoms with Gasteiger partial charge in [-0.05, 0) is 107 Å². The molecule has 1 heterocycles. The van der Waals surface area contributed by atoms with Gasteiger partial charge >= 0.3 is 0 Å². The third-order valence-electron chi connectivity index (χ3n) is 9.17. The Morgan fingerprint density at radius 2 is 0.980 bits per heavy atom. The van der Waals surface area contributed by atoms with E-state index in [1.54, 1.807) is 18.2 Å². The molecule has 1 nitrogen and oxygen atoms in total. The quantitative estimate of drug-likeness (QED) is 0.175. The molecule has 10 aromatic rings. The number of fused-ring (bicyclic) bond motifs is 6. The lowest BCUT2D eigenvalue weighted by Crippen LogP contribution is -1.91. The van der Waals surface area contributed by atoms with Gasteiger partial charge in [-0.2, -0.15) is 0 Å². The molecule has 0 fully saturated rings. The lowest BCUT2D eigenvalue weighted by atomic mass is 9.85. The molecule has 0 bridgehead atoms. The Morgan fingerprint density at radius 3 is 1.73 bits per heavy atom. The normalized spacial score (nSPS) is 15.4. The smallest absolute Gasteiger partial charge is 0.136 e. The molecule has 228 valence electrons. The van der Waals surface area contributed by atoms with E-state index in [-0.39, 0.29) is 32.7 Å². The van der Waals surface area contributed by atoms with E-state index in [1.165, 1.54) is 0 Å². The summed E-state index contributed by atoms with van der Waals surface area (Å²) in [5.41, 5.74) is 4.38. The highest BCUT2D eigenvalue weighted by Crippen LogP contribution is 2.45. The van der Waals surface area contributed by atoms with Crippen molar-refractivity contribution in [3.63, 3.8) is 0 Å². The summed E-state index contributed by atoms with van der Waals surface area (Å²) in [7, 11) is 0. The molecule has 0 aliphatic heterocycles. The van der Waals surface area contributed by atoms with Crippen molar-refractivity contribution in [1.29, 1.82) is 0 Å². The molecule has 0 spiro atoms. The van der Waals surface area contributed by atoms with Crippen LogP contribution in [0.1, 0.15) is 17.8 Å². The van der Waals surface area contributed by atoms with Crippen LogP contribution < -0.4 is 0 Å². The average molecular weight is 636 g/mol. The minimum absolute atomic E-state index is 0.0646. The van der Waals surface area contributed by atoms with Crippen molar-refractivity contribution in [2.45, 2.75) is 0 Å². The molecule has 49 heavy (non-hydrogen) atoms. The fourth-order valence-corrected chi connectivity index (χ4v) is 7.00. The Balaban J connectivity index is 1.30. The van der Waals surface area contributed by atoms with Gasteiger partial charge in [0.15, 0.2) is 0 Å². The second-order valence-corrected chi connectivity index (χ2v) is 11.9. The predicted molar refractivity (Wildman–Crippen MR) is 208 cm³/mol. The zero-order valence-electron chi connectivity index (χ0n) is 38.7. The van der Waals surface area contributed by atoms with Crippen LogP contribution in [0.15, 0.2) is 186 Å². The van der Waals surface area contributed by atoms with Crippen LogP contribution in [0.25, 0.3) is 98.8 Å². The molecule has 9 aromatic carbocycles. The standard InChI is InChI=1S/C48H30O/c1-2-13-32(14-3-1)46-39-18-6-8-20-41(39)47(42-21-9-7-19-40(42)46)37-17-10-16-36(29-37)38-22-11-23-45-48(38)43-30-35(26-27-44(43)49-45)34-25-24-31-12-4-5-15-33(31)28-34/h1-30H/i1D,2D,3D,6D,7D,8D,9D,13D,14D,18D,19D,20D,21D. The number of benzene rings is 9. The summed E-state index contributed by atoms with van der Waals surface area (Å²) in [5, 5.41) is 3.12. The van der Waals surface area contributed by atoms with Crippen LogP contribution in [0.2, 0.25) is 0 Å². The van der Waals surface area contributed by atoms with Crippen molar-refractivity contribution in [2.24, 2.45) is 0 Å². The summed E-state index contributed by atoms with van der Waals surface area (Å²) >= 11 is 0. The number of hydrogen-bond acceptors (Lipinski definition) is 1. The third kappa shape index (κ3) is 4.47. The minimum atomic E-state index is -0.717. The van der Waals surface area contributed by atoms with E-state index in [4.69, 9.17) is 16.8 Å². The van der Waals surface area contributed by atoms with E-state index in [9.17, 15) is 5.48 Å². The Hall–Kier alpha value is -6.44. The summed E-state index contributed by atoms with van der Waals surface area (Å²) in [6, 6.07) is 24.9. The molecular weight excluding hydrogens is 593 g/mol.